The summed E-state index contributed by atoms with van der Waals surface area (Å²) in [5.74, 6) is 0. The van der Waals surface area contributed by atoms with Crippen LogP contribution in [-0.4, -0.2) is 19.5 Å². The number of hydrogen-bond acceptors (Lipinski definition) is 2. The van der Waals surface area contributed by atoms with Gasteiger partial charge in [0.2, 0.25) is 0 Å². The minimum absolute atomic E-state index is 0.0648. The van der Waals surface area contributed by atoms with Gasteiger partial charge in [0.05, 0.1) is 29.0 Å². The van der Waals surface area contributed by atoms with Gasteiger partial charge < -0.3 is 9.55 Å². The van der Waals surface area contributed by atoms with Crippen molar-refractivity contribution in [2.75, 3.05) is 0 Å². The summed E-state index contributed by atoms with van der Waals surface area (Å²) < 4.78 is 2.33. The van der Waals surface area contributed by atoms with E-state index in [9.17, 15) is 0 Å². The van der Waals surface area contributed by atoms with E-state index in [4.69, 9.17) is 0 Å². The Hall–Kier alpha value is -2.62. The highest BCUT2D eigenvalue weighted by Crippen LogP contribution is 2.36. The van der Waals surface area contributed by atoms with Gasteiger partial charge >= 0.3 is 0 Å². The molecular formula is C21H24N4. The third kappa shape index (κ3) is 2.36. The predicted molar refractivity (Wildman–Crippen MR) is 103 cm³/mol. The SMILES string of the molecule is CC(C)(C)c1cncc2c1ccn2C(C)(C)c1c[nH]c2cnccc12. The second kappa shape index (κ2) is 5.19. The van der Waals surface area contributed by atoms with Crippen molar-refractivity contribution in [3.8, 4) is 0 Å². The Morgan fingerprint density at radius 1 is 0.880 bits per heavy atom. The van der Waals surface area contributed by atoms with Gasteiger partial charge in [0.1, 0.15) is 0 Å². The first-order valence-corrected chi connectivity index (χ1v) is 8.68. The maximum absolute atomic E-state index is 4.53. The van der Waals surface area contributed by atoms with Gasteiger partial charge in [-0.2, -0.15) is 0 Å². The Balaban J connectivity index is 1.95. The normalized spacial score (nSPS) is 13.0. The van der Waals surface area contributed by atoms with Crippen LogP contribution in [0.25, 0.3) is 21.8 Å². The van der Waals surface area contributed by atoms with Crippen molar-refractivity contribution < 1.29 is 0 Å². The number of pyridine rings is 2. The molecule has 4 rings (SSSR count). The number of nitrogens with zero attached hydrogens (tertiary/aromatic N) is 3. The number of nitrogens with one attached hydrogen (secondary N) is 1. The highest BCUT2D eigenvalue weighted by atomic mass is 15.1. The number of aromatic amines is 1. The molecule has 4 aromatic heterocycles. The Kier molecular flexibility index (Phi) is 3.29. The highest BCUT2D eigenvalue weighted by molar-refractivity contribution is 5.86. The Morgan fingerprint density at radius 2 is 1.68 bits per heavy atom. The number of hydrogen-bond donors (Lipinski definition) is 1. The van der Waals surface area contributed by atoms with Gasteiger partial charge in [-0.05, 0) is 37.0 Å². The lowest BCUT2D eigenvalue weighted by molar-refractivity contribution is 0.455. The fraction of sp³-hybridized carbons (Fsp3) is 0.333. The second-order valence-electron chi connectivity index (χ2n) is 8.24. The van der Waals surface area contributed by atoms with Crippen LogP contribution < -0.4 is 0 Å². The molecule has 0 bridgehead atoms. The fourth-order valence-corrected chi connectivity index (χ4v) is 3.75. The Morgan fingerprint density at radius 3 is 2.44 bits per heavy atom. The van der Waals surface area contributed by atoms with E-state index >= 15 is 0 Å². The van der Waals surface area contributed by atoms with E-state index in [1.165, 1.54) is 27.4 Å². The van der Waals surface area contributed by atoms with Crippen LogP contribution in [0.2, 0.25) is 0 Å². The lowest BCUT2D eigenvalue weighted by Crippen LogP contribution is -2.26. The molecule has 128 valence electrons. The second-order valence-corrected chi connectivity index (χ2v) is 8.24. The van der Waals surface area contributed by atoms with E-state index in [2.05, 4.69) is 78.7 Å². The zero-order chi connectivity index (χ0) is 17.8. The van der Waals surface area contributed by atoms with Crippen molar-refractivity contribution >= 4 is 21.8 Å². The summed E-state index contributed by atoms with van der Waals surface area (Å²) in [4.78, 5) is 12.1. The third-order valence-electron chi connectivity index (χ3n) is 5.17. The van der Waals surface area contributed by atoms with Crippen LogP contribution in [0.5, 0.6) is 0 Å². The molecule has 0 radical (unpaired) electrons. The largest absolute Gasteiger partial charge is 0.360 e. The third-order valence-corrected chi connectivity index (χ3v) is 5.17. The molecule has 0 amide bonds. The van der Waals surface area contributed by atoms with Gasteiger partial charge in [0.15, 0.2) is 0 Å². The molecule has 0 aliphatic heterocycles. The first-order chi connectivity index (χ1) is 11.8. The van der Waals surface area contributed by atoms with Crippen LogP contribution in [0, 0.1) is 0 Å². The van der Waals surface area contributed by atoms with Gasteiger partial charge in [-0.1, -0.05) is 20.8 Å². The quantitative estimate of drug-likeness (QED) is 0.562. The van der Waals surface area contributed by atoms with E-state index in [1.807, 2.05) is 24.8 Å². The Labute approximate surface area is 147 Å². The smallest absolute Gasteiger partial charge is 0.0677 e. The molecule has 0 aromatic carbocycles. The van der Waals surface area contributed by atoms with Crippen LogP contribution in [0.4, 0.5) is 0 Å². The van der Waals surface area contributed by atoms with E-state index < -0.39 is 0 Å². The van der Waals surface area contributed by atoms with Crippen LogP contribution in [0.1, 0.15) is 45.7 Å². The predicted octanol–water partition coefficient (Wildman–Crippen LogP) is 4.99. The van der Waals surface area contributed by atoms with Crippen molar-refractivity contribution in [3.05, 3.63) is 60.4 Å². The first kappa shape index (κ1) is 15.9. The molecule has 0 atom stereocenters. The van der Waals surface area contributed by atoms with E-state index in [0.29, 0.717) is 0 Å². The monoisotopic (exact) mass is 332 g/mol. The zero-order valence-electron chi connectivity index (χ0n) is 15.5. The number of fused-ring (bicyclic) bond motifs is 2. The zero-order valence-corrected chi connectivity index (χ0v) is 15.5. The van der Waals surface area contributed by atoms with E-state index in [1.54, 1.807) is 0 Å². The summed E-state index contributed by atoms with van der Waals surface area (Å²) in [5.41, 5.74) is 4.62. The molecule has 0 aliphatic rings. The number of H-pyrrole nitrogens is 1. The van der Waals surface area contributed by atoms with Gasteiger partial charge in [-0.3, -0.25) is 9.97 Å². The molecule has 4 aromatic rings. The van der Waals surface area contributed by atoms with Crippen molar-refractivity contribution in [3.63, 3.8) is 0 Å². The van der Waals surface area contributed by atoms with Crippen LogP contribution >= 0.6 is 0 Å². The lowest BCUT2D eigenvalue weighted by Gasteiger charge is -2.28. The minimum Gasteiger partial charge on any atom is -0.360 e. The van der Waals surface area contributed by atoms with Crippen molar-refractivity contribution in [2.45, 2.75) is 45.6 Å². The summed E-state index contributed by atoms with van der Waals surface area (Å²) in [6.07, 6.45) is 12.0. The summed E-state index contributed by atoms with van der Waals surface area (Å²) in [6, 6.07) is 4.29. The minimum atomic E-state index is -0.209. The Bertz CT molecular complexity index is 1060. The summed E-state index contributed by atoms with van der Waals surface area (Å²) >= 11 is 0. The molecule has 0 saturated carbocycles. The highest BCUT2D eigenvalue weighted by Gasteiger charge is 2.28. The lowest BCUT2D eigenvalue weighted by atomic mass is 9.86. The summed E-state index contributed by atoms with van der Waals surface area (Å²) in [5, 5.41) is 2.49. The molecule has 0 spiro atoms. The molecule has 0 saturated heterocycles. The molecular weight excluding hydrogens is 308 g/mol. The van der Waals surface area contributed by atoms with Crippen molar-refractivity contribution in [2.24, 2.45) is 0 Å². The van der Waals surface area contributed by atoms with Crippen molar-refractivity contribution in [1.82, 2.24) is 19.5 Å². The number of aromatic nitrogens is 4. The summed E-state index contributed by atoms with van der Waals surface area (Å²) in [6.45, 7) is 11.2. The van der Waals surface area contributed by atoms with Gasteiger partial charge in [-0.15, -0.1) is 0 Å². The van der Waals surface area contributed by atoms with Gasteiger partial charge in [0, 0.05) is 41.1 Å². The van der Waals surface area contributed by atoms with Gasteiger partial charge in [-0.25, -0.2) is 0 Å². The van der Waals surface area contributed by atoms with E-state index in [-0.39, 0.29) is 11.0 Å². The molecule has 4 heterocycles. The maximum atomic E-state index is 4.53. The van der Waals surface area contributed by atoms with Crippen LogP contribution in [-0.2, 0) is 11.0 Å². The van der Waals surface area contributed by atoms with Gasteiger partial charge in [0.25, 0.3) is 0 Å². The molecule has 4 heteroatoms. The van der Waals surface area contributed by atoms with Crippen LogP contribution in [0.3, 0.4) is 0 Å². The average molecular weight is 332 g/mol. The standard InChI is InChI=1S/C21H24N4/c1-20(2,3)16-10-23-13-19-15(16)7-9-25(19)21(4,5)17-11-24-18-12-22-8-6-14(17)18/h6-13,24H,1-5H3. The molecule has 0 aliphatic carbocycles. The summed E-state index contributed by atoms with van der Waals surface area (Å²) in [7, 11) is 0. The molecule has 4 nitrogen and oxygen atoms in total. The van der Waals surface area contributed by atoms with E-state index in [0.717, 1.165) is 5.52 Å². The molecule has 25 heavy (non-hydrogen) atoms. The van der Waals surface area contributed by atoms with Crippen LogP contribution in [0.15, 0.2) is 49.3 Å². The van der Waals surface area contributed by atoms with Crippen molar-refractivity contribution in [1.29, 1.82) is 0 Å². The topological polar surface area (TPSA) is 46.5 Å². The fourth-order valence-electron chi connectivity index (χ4n) is 3.75. The maximum Gasteiger partial charge on any atom is 0.0677 e. The molecule has 1 N–H and O–H groups in total. The molecule has 0 fully saturated rings. The molecule has 0 unspecified atom stereocenters. The number of rotatable bonds is 2. The first-order valence-electron chi connectivity index (χ1n) is 8.68. The average Bonchev–Trinajstić information content (AvgIpc) is 3.18.